The molecule has 0 aliphatic rings. The summed E-state index contributed by atoms with van der Waals surface area (Å²) >= 11 is 2.38. The third kappa shape index (κ3) is 1.81. The molecule has 0 saturated carbocycles. The number of rotatable bonds is 2. The highest BCUT2D eigenvalue weighted by molar-refractivity contribution is 7.03. The van der Waals surface area contributed by atoms with Crippen molar-refractivity contribution in [3.05, 3.63) is 22.9 Å². The molecule has 6 nitrogen and oxygen atoms in total. The van der Waals surface area contributed by atoms with Crippen molar-refractivity contribution >= 4 is 23.1 Å². The van der Waals surface area contributed by atoms with Gasteiger partial charge in [-0.05, 0) is 29.1 Å². The monoisotopic (exact) mass is 278 g/mol. The van der Waals surface area contributed by atoms with Crippen molar-refractivity contribution in [3.8, 4) is 34.0 Å². The maximum atomic E-state index is 9.83. The fourth-order valence-corrected chi connectivity index (χ4v) is 2.46. The predicted molar refractivity (Wildman–Crippen MR) is 67.6 cm³/mol. The molecule has 2 aromatic heterocycles. The summed E-state index contributed by atoms with van der Waals surface area (Å²) in [5, 5.41) is 30.9. The second-order valence-electron chi connectivity index (χ2n) is 3.47. The lowest BCUT2D eigenvalue weighted by Gasteiger charge is -2.06. The molecule has 0 spiro atoms. The summed E-state index contributed by atoms with van der Waals surface area (Å²) in [5.74, 6) is -0.0979. The Morgan fingerprint density at radius 1 is 0.778 bits per heavy atom. The van der Waals surface area contributed by atoms with Crippen LogP contribution in [0.3, 0.4) is 0 Å². The first-order chi connectivity index (χ1) is 8.75. The fraction of sp³-hybridized carbons (Fsp3) is 0. The first-order valence-electron chi connectivity index (χ1n) is 4.86. The molecule has 0 unspecified atom stereocenters. The Balaban J connectivity index is 2.20. The maximum Gasteiger partial charge on any atom is 0.128 e. The van der Waals surface area contributed by atoms with Gasteiger partial charge >= 0.3 is 0 Å². The lowest BCUT2D eigenvalue weighted by molar-refractivity contribution is 0.453. The lowest BCUT2D eigenvalue weighted by atomic mass is 10.0. The highest BCUT2D eigenvalue weighted by Crippen LogP contribution is 2.38. The van der Waals surface area contributed by atoms with Crippen LogP contribution in [0.15, 0.2) is 22.9 Å². The third-order valence-electron chi connectivity index (χ3n) is 2.39. The number of phenolic OH excluding ortho intramolecular Hbond substituents is 2. The zero-order valence-electron chi connectivity index (χ0n) is 8.81. The Hall–Kier alpha value is -2.06. The largest absolute Gasteiger partial charge is 0.507 e. The number of nitrogens with zero attached hydrogens (tertiary/aromatic N) is 4. The molecule has 2 heterocycles. The molecule has 0 atom stereocenters. The molecule has 1 aromatic carbocycles. The van der Waals surface area contributed by atoms with Crippen molar-refractivity contribution < 1.29 is 10.2 Å². The van der Waals surface area contributed by atoms with Crippen LogP contribution in [0.4, 0.5) is 0 Å². The van der Waals surface area contributed by atoms with Crippen LogP contribution in [0, 0.1) is 0 Å². The van der Waals surface area contributed by atoms with Crippen molar-refractivity contribution in [2.45, 2.75) is 0 Å². The number of benzene rings is 1. The van der Waals surface area contributed by atoms with E-state index in [0.717, 1.165) is 0 Å². The first-order valence-corrected chi connectivity index (χ1v) is 6.54. The Bertz CT molecular complexity index is 612. The Morgan fingerprint density at radius 3 is 1.67 bits per heavy atom. The van der Waals surface area contributed by atoms with Gasteiger partial charge in [0, 0.05) is 28.0 Å². The predicted octanol–water partition coefficient (Wildman–Crippen LogP) is 2.13. The highest BCUT2D eigenvalue weighted by Gasteiger charge is 2.15. The van der Waals surface area contributed by atoms with Crippen LogP contribution >= 0.6 is 23.1 Å². The minimum absolute atomic E-state index is 0.0489. The van der Waals surface area contributed by atoms with Gasteiger partial charge in [0.2, 0.25) is 0 Å². The van der Waals surface area contributed by atoms with E-state index < -0.39 is 0 Å². The summed E-state index contributed by atoms with van der Waals surface area (Å²) in [6, 6.07) is 2.89. The molecule has 3 rings (SSSR count). The molecule has 0 radical (unpaired) electrons. The molecule has 0 aliphatic carbocycles. The number of phenols is 2. The molecule has 8 heteroatoms. The molecule has 0 saturated heterocycles. The quantitative estimate of drug-likeness (QED) is 0.746. The van der Waals surface area contributed by atoms with Crippen LogP contribution in [0.1, 0.15) is 0 Å². The second-order valence-corrected chi connectivity index (χ2v) is 4.69. The zero-order valence-corrected chi connectivity index (χ0v) is 10.4. The average Bonchev–Trinajstić information content (AvgIpc) is 3.01. The standard InChI is InChI=1S/C10H6N4O2S2/c15-9-2-10(16)6(8-4-18-14-12-8)1-5(9)7-3-17-13-11-7/h1-4,15-16H. The van der Waals surface area contributed by atoms with Gasteiger partial charge in [0.05, 0.1) is 0 Å². The summed E-state index contributed by atoms with van der Waals surface area (Å²) < 4.78 is 7.49. The molecular formula is C10H6N4O2S2. The van der Waals surface area contributed by atoms with Gasteiger partial charge in [-0.15, -0.1) is 10.2 Å². The smallest absolute Gasteiger partial charge is 0.128 e. The molecule has 0 bridgehead atoms. The second kappa shape index (κ2) is 4.31. The van der Waals surface area contributed by atoms with E-state index in [2.05, 4.69) is 19.2 Å². The van der Waals surface area contributed by atoms with Crippen LogP contribution in [-0.4, -0.2) is 29.4 Å². The van der Waals surface area contributed by atoms with E-state index in [1.54, 1.807) is 16.8 Å². The van der Waals surface area contributed by atoms with Gasteiger partial charge in [0.15, 0.2) is 0 Å². The van der Waals surface area contributed by atoms with E-state index in [0.29, 0.717) is 22.5 Å². The lowest BCUT2D eigenvalue weighted by Crippen LogP contribution is -1.85. The summed E-state index contributed by atoms with van der Waals surface area (Å²) in [5.41, 5.74) is 2.12. The molecule has 18 heavy (non-hydrogen) atoms. The SMILES string of the molecule is Oc1cc(O)c(-c2csnn2)cc1-c1csnn1. The molecule has 0 amide bonds. The van der Waals surface area contributed by atoms with Gasteiger partial charge in [0.25, 0.3) is 0 Å². The summed E-state index contributed by atoms with van der Waals surface area (Å²) in [6.45, 7) is 0. The Morgan fingerprint density at radius 2 is 1.28 bits per heavy atom. The van der Waals surface area contributed by atoms with Crippen molar-refractivity contribution in [2.75, 3.05) is 0 Å². The van der Waals surface area contributed by atoms with Crippen LogP contribution in [0.25, 0.3) is 22.5 Å². The van der Waals surface area contributed by atoms with Crippen LogP contribution < -0.4 is 0 Å². The molecule has 90 valence electrons. The van der Waals surface area contributed by atoms with E-state index in [-0.39, 0.29) is 11.5 Å². The normalized spacial score (nSPS) is 10.7. The van der Waals surface area contributed by atoms with Crippen molar-refractivity contribution in [1.29, 1.82) is 0 Å². The zero-order chi connectivity index (χ0) is 12.5. The number of aromatic hydroxyl groups is 2. The minimum Gasteiger partial charge on any atom is -0.507 e. The Kier molecular flexibility index (Phi) is 2.65. The molecular weight excluding hydrogens is 272 g/mol. The first kappa shape index (κ1) is 11.1. The molecule has 2 N–H and O–H groups in total. The van der Waals surface area contributed by atoms with E-state index in [1.165, 1.54) is 29.1 Å². The summed E-state index contributed by atoms with van der Waals surface area (Å²) in [7, 11) is 0. The van der Waals surface area contributed by atoms with Gasteiger partial charge < -0.3 is 10.2 Å². The van der Waals surface area contributed by atoms with Crippen LogP contribution in [0.5, 0.6) is 11.5 Å². The van der Waals surface area contributed by atoms with E-state index in [4.69, 9.17) is 0 Å². The number of hydrogen-bond acceptors (Lipinski definition) is 8. The highest BCUT2D eigenvalue weighted by atomic mass is 32.1. The average molecular weight is 278 g/mol. The maximum absolute atomic E-state index is 9.83. The van der Waals surface area contributed by atoms with Gasteiger partial charge in [-0.2, -0.15) is 0 Å². The number of hydrogen-bond donors (Lipinski definition) is 2. The Labute approximate surface area is 110 Å². The van der Waals surface area contributed by atoms with Crippen molar-refractivity contribution in [1.82, 2.24) is 19.2 Å². The van der Waals surface area contributed by atoms with E-state index >= 15 is 0 Å². The summed E-state index contributed by atoms with van der Waals surface area (Å²) in [6.07, 6.45) is 0. The third-order valence-corrected chi connectivity index (χ3v) is 3.40. The van der Waals surface area contributed by atoms with Gasteiger partial charge in [-0.25, -0.2) is 0 Å². The van der Waals surface area contributed by atoms with Crippen LogP contribution in [-0.2, 0) is 0 Å². The number of aromatic nitrogens is 4. The van der Waals surface area contributed by atoms with Gasteiger partial charge in [0.1, 0.15) is 22.9 Å². The van der Waals surface area contributed by atoms with E-state index in [1.807, 2.05) is 0 Å². The molecule has 0 aliphatic heterocycles. The molecule has 0 fully saturated rings. The van der Waals surface area contributed by atoms with Gasteiger partial charge in [-0.1, -0.05) is 8.98 Å². The van der Waals surface area contributed by atoms with Crippen molar-refractivity contribution in [2.24, 2.45) is 0 Å². The van der Waals surface area contributed by atoms with Gasteiger partial charge in [-0.3, -0.25) is 0 Å². The minimum atomic E-state index is -0.0489. The topological polar surface area (TPSA) is 92.0 Å². The summed E-state index contributed by atoms with van der Waals surface area (Å²) in [4.78, 5) is 0. The van der Waals surface area contributed by atoms with Crippen LogP contribution in [0.2, 0.25) is 0 Å². The van der Waals surface area contributed by atoms with Crippen molar-refractivity contribution in [3.63, 3.8) is 0 Å². The van der Waals surface area contributed by atoms with E-state index in [9.17, 15) is 10.2 Å². The fourth-order valence-electron chi connectivity index (χ4n) is 1.55. The molecule has 3 aromatic rings.